The van der Waals surface area contributed by atoms with Crippen LogP contribution >= 0.6 is 0 Å². The van der Waals surface area contributed by atoms with Crippen LogP contribution < -0.4 is 5.32 Å². The molecule has 3 aromatic rings. The molecule has 0 unspecified atom stereocenters. The molecule has 2 saturated heterocycles. The third kappa shape index (κ3) is 5.17. The summed E-state index contributed by atoms with van der Waals surface area (Å²) in [4.78, 5) is 24.3. The van der Waals surface area contributed by atoms with Gasteiger partial charge in [0.15, 0.2) is 5.82 Å². The number of piperazine rings is 1. The largest absolute Gasteiger partial charge is 0.394 e. The highest BCUT2D eigenvalue weighted by Gasteiger charge is 2.29. The van der Waals surface area contributed by atoms with Gasteiger partial charge in [-0.25, -0.2) is 9.50 Å². The number of benzene rings is 1. The summed E-state index contributed by atoms with van der Waals surface area (Å²) in [5.41, 5.74) is 4.14. The van der Waals surface area contributed by atoms with Crippen LogP contribution in [-0.4, -0.2) is 105 Å². The number of aliphatic hydroxyl groups excluding tert-OH is 1. The van der Waals surface area contributed by atoms with Crippen molar-refractivity contribution in [3.05, 3.63) is 71.7 Å². The minimum atomic E-state index is -0.276. The van der Waals surface area contributed by atoms with Crippen LogP contribution in [-0.2, 0) is 22.5 Å². The van der Waals surface area contributed by atoms with E-state index in [4.69, 9.17) is 4.74 Å². The molecule has 10 heteroatoms. The van der Waals surface area contributed by atoms with Crippen LogP contribution in [0.5, 0.6) is 0 Å². The molecule has 6 rings (SSSR count). The fourth-order valence-corrected chi connectivity index (χ4v) is 5.60. The normalized spacial score (nSPS) is 20.0. The van der Waals surface area contributed by atoms with E-state index in [1.807, 2.05) is 52.0 Å². The van der Waals surface area contributed by atoms with Crippen LogP contribution in [0.4, 0.5) is 5.82 Å². The molecule has 1 atom stereocenters. The number of hydrogen-bond acceptors (Lipinski definition) is 8. The van der Waals surface area contributed by atoms with E-state index in [9.17, 15) is 9.90 Å². The Kier molecular flexibility index (Phi) is 7.37. The maximum Gasteiger partial charge on any atom is 0.246 e. The van der Waals surface area contributed by atoms with Gasteiger partial charge in [0.2, 0.25) is 5.91 Å². The second-order valence-corrected chi connectivity index (χ2v) is 10.3. The van der Waals surface area contributed by atoms with Gasteiger partial charge < -0.3 is 20.1 Å². The van der Waals surface area contributed by atoms with Gasteiger partial charge >= 0.3 is 0 Å². The maximum absolute atomic E-state index is 13.0. The van der Waals surface area contributed by atoms with Gasteiger partial charge in [0.1, 0.15) is 11.8 Å². The first-order chi connectivity index (χ1) is 18.7. The Labute approximate surface area is 222 Å². The standard InChI is InChI=1S/C28H35N7O3/c36-17-25(21-5-2-1-3-6-21)31-28-27-24-8-10-34(15-22(24)16-35(27)30-20-29-28)26(37)7-4-9-32-11-13-33(14-12-32)23-18-38-19-23/h1-7,16,20,23,25,36H,8-15,17-19H2,(H,29,30,31)/b7-4+/t25-/m1/s1. The number of aromatic nitrogens is 3. The summed E-state index contributed by atoms with van der Waals surface area (Å²) < 4.78 is 7.15. The number of hydrogen-bond donors (Lipinski definition) is 2. The molecule has 200 valence electrons. The summed E-state index contributed by atoms with van der Waals surface area (Å²) >= 11 is 0. The van der Waals surface area contributed by atoms with E-state index in [0.29, 0.717) is 24.9 Å². The predicted octanol–water partition coefficient (Wildman–Crippen LogP) is 1.33. The van der Waals surface area contributed by atoms with Gasteiger partial charge in [-0.1, -0.05) is 36.4 Å². The Morgan fingerprint density at radius 2 is 1.97 bits per heavy atom. The van der Waals surface area contributed by atoms with Crippen LogP contribution in [0.3, 0.4) is 0 Å². The SMILES string of the molecule is O=C(/C=C/CN1CCN(C2COC2)CC1)N1CCc2c(cn3ncnc(N[C@H](CO)c4ccccc4)c23)C1. The lowest BCUT2D eigenvalue weighted by Crippen LogP contribution is -2.56. The highest BCUT2D eigenvalue weighted by atomic mass is 16.5. The Bertz CT molecular complexity index is 1280. The van der Waals surface area contributed by atoms with Crippen LogP contribution in [0.25, 0.3) is 5.52 Å². The molecule has 3 aliphatic rings. The average Bonchev–Trinajstić information content (AvgIpc) is 3.31. The number of carbonyl (C=O) groups excluding carboxylic acids is 1. The number of anilines is 1. The second-order valence-electron chi connectivity index (χ2n) is 10.3. The smallest absolute Gasteiger partial charge is 0.246 e. The van der Waals surface area contributed by atoms with Crippen LogP contribution in [0.2, 0.25) is 0 Å². The van der Waals surface area contributed by atoms with E-state index < -0.39 is 0 Å². The number of nitrogens with one attached hydrogen (secondary N) is 1. The molecule has 10 nitrogen and oxygen atoms in total. The summed E-state index contributed by atoms with van der Waals surface area (Å²) in [5, 5.41) is 17.8. The van der Waals surface area contributed by atoms with Crippen molar-refractivity contribution in [2.24, 2.45) is 0 Å². The molecule has 0 radical (unpaired) electrons. The molecule has 0 aliphatic carbocycles. The predicted molar refractivity (Wildman–Crippen MR) is 144 cm³/mol. The second kappa shape index (κ2) is 11.2. The van der Waals surface area contributed by atoms with Crippen LogP contribution in [0.1, 0.15) is 22.7 Å². The topological polar surface area (TPSA) is 98.5 Å². The molecule has 0 saturated carbocycles. The summed E-state index contributed by atoms with van der Waals surface area (Å²) in [6.07, 6.45) is 7.97. The Hall–Kier alpha value is -3.31. The lowest BCUT2D eigenvalue weighted by Gasteiger charge is -2.42. The van der Waals surface area contributed by atoms with E-state index in [1.165, 1.54) is 6.33 Å². The monoisotopic (exact) mass is 517 g/mol. The average molecular weight is 518 g/mol. The first-order valence-corrected chi connectivity index (χ1v) is 13.5. The fourth-order valence-electron chi connectivity index (χ4n) is 5.60. The molecule has 1 aromatic carbocycles. The molecule has 3 aliphatic heterocycles. The summed E-state index contributed by atoms with van der Waals surface area (Å²) in [6.45, 7) is 7.86. The summed E-state index contributed by atoms with van der Waals surface area (Å²) in [7, 11) is 0. The number of carbonyl (C=O) groups is 1. The van der Waals surface area contributed by atoms with E-state index >= 15 is 0 Å². The number of amides is 1. The van der Waals surface area contributed by atoms with Crippen molar-refractivity contribution in [1.29, 1.82) is 0 Å². The number of ether oxygens (including phenoxy) is 1. The molecule has 38 heavy (non-hydrogen) atoms. The minimum Gasteiger partial charge on any atom is -0.394 e. The molecule has 0 spiro atoms. The summed E-state index contributed by atoms with van der Waals surface area (Å²) in [6, 6.07) is 10.2. The first-order valence-electron chi connectivity index (χ1n) is 13.5. The van der Waals surface area contributed by atoms with Gasteiger partial charge in [-0.05, 0) is 23.1 Å². The molecular weight excluding hydrogens is 482 g/mol. The number of aliphatic hydroxyl groups is 1. The van der Waals surface area contributed by atoms with Crippen molar-refractivity contribution in [2.75, 3.05) is 64.4 Å². The summed E-state index contributed by atoms with van der Waals surface area (Å²) in [5.74, 6) is 0.735. The molecular formula is C28H35N7O3. The molecule has 2 fully saturated rings. The first kappa shape index (κ1) is 25.0. The number of fused-ring (bicyclic) bond motifs is 3. The van der Waals surface area contributed by atoms with Crippen molar-refractivity contribution in [2.45, 2.75) is 25.0 Å². The van der Waals surface area contributed by atoms with Crippen LogP contribution in [0, 0.1) is 0 Å². The zero-order valence-corrected chi connectivity index (χ0v) is 21.6. The van der Waals surface area contributed by atoms with Crippen molar-refractivity contribution in [3.8, 4) is 0 Å². The van der Waals surface area contributed by atoms with Gasteiger partial charge in [-0.15, -0.1) is 0 Å². The molecule has 2 N–H and O–H groups in total. The minimum absolute atomic E-state index is 0.0463. The van der Waals surface area contributed by atoms with Crippen LogP contribution in [0.15, 0.2) is 55.0 Å². The van der Waals surface area contributed by atoms with Gasteiger partial charge in [0.25, 0.3) is 0 Å². The van der Waals surface area contributed by atoms with E-state index in [2.05, 4.69) is 25.2 Å². The van der Waals surface area contributed by atoms with Gasteiger partial charge in [-0.3, -0.25) is 14.6 Å². The van der Waals surface area contributed by atoms with Crippen molar-refractivity contribution in [1.82, 2.24) is 29.3 Å². The quantitative estimate of drug-likeness (QED) is 0.432. The molecule has 5 heterocycles. The molecule has 2 aromatic heterocycles. The van der Waals surface area contributed by atoms with Crippen molar-refractivity contribution < 1.29 is 14.6 Å². The zero-order chi connectivity index (χ0) is 25.9. The highest BCUT2D eigenvalue weighted by molar-refractivity contribution is 5.88. The molecule has 0 bridgehead atoms. The maximum atomic E-state index is 13.0. The Morgan fingerprint density at radius 1 is 1.16 bits per heavy atom. The number of rotatable bonds is 8. The fraction of sp³-hybridized carbons (Fsp3) is 0.464. The lowest BCUT2D eigenvalue weighted by atomic mass is 10.0. The Morgan fingerprint density at radius 3 is 2.71 bits per heavy atom. The molecule has 1 amide bonds. The van der Waals surface area contributed by atoms with Gasteiger partial charge in [0.05, 0.1) is 31.9 Å². The van der Waals surface area contributed by atoms with Crippen molar-refractivity contribution >= 4 is 17.2 Å². The van der Waals surface area contributed by atoms with E-state index in [0.717, 1.165) is 74.6 Å². The lowest BCUT2D eigenvalue weighted by molar-refractivity contribution is -0.126. The third-order valence-electron chi connectivity index (χ3n) is 7.94. The Balaban J connectivity index is 1.08. The van der Waals surface area contributed by atoms with Gasteiger partial charge in [0, 0.05) is 58.1 Å². The van der Waals surface area contributed by atoms with E-state index in [1.54, 1.807) is 6.08 Å². The van der Waals surface area contributed by atoms with Crippen molar-refractivity contribution in [3.63, 3.8) is 0 Å². The van der Waals surface area contributed by atoms with E-state index in [-0.39, 0.29) is 18.6 Å². The number of nitrogens with zero attached hydrogens (tertiary/aromatic N) is 6. The van der Waals surface area contributed by atoms with Gasteiger partial charge in [-0.2, -0.15) is 5.10 Å². The highest BCUT2D eigenvalue weighted by Crippen LogP contribution is 2.30. The third-order valence-corrected chi connectivity index (χ3v) is 7.94. The zero-order valence-electron chi connectivity index (χ0n) is 21.6.